The smallest absolute Gasteiger partial charge is 0.244 e. The number of nitrogens with one attached hydrogen (secondary N) is 1. The lowest BCUT2D eigenvalue weighted by Gasteiger charge is -2.35. The second-order valence-corrected chi connectivity index (χ2v) is 7.82. The van der Waals surface area contributed by atoms with Gasteiger partial charge in [0.25, 0.3) is 0 Å². The van der Waals surface area contributed by atoms with Gasteiger partial charge in [0.1, 0.15) is 5.82 Å². The molecule has 1 amide bonds. The van der Waals surface area contributed by atoms with E-state index in [-0.39, 0.29) is 23.9 Å². The summed E-state index contributed by atoms with van der Waals surface area (Å²) in [6.07, 6.45) is 2.07. The molecule has 1 fully saturated rings. The van der Waals surface area contributed by atoms with E-state index in [2.05, 4.69) is 48.3 Å². The highest BCUT2D eigenvalue weighted by Gasteiger charge is 2.21. The molecular formula is C24H29FN2O2. The van der Waals surface area contributed by atoms with Crippen LogP contribution in [-0.4, -0.2) is 36.1 Å². The van der Waals surface area contributed by atoms with Gasteiger partial charge in [-0.15, -0.1) is 0 Å². The molecule has 2 aromatic carbocycles. The number of benzene rings is 2. The van der Waals surface area contributed by atoms with Crippen LogP contribution in [0.15, 0.2) is 54.6 Å². The van der Waals surface area contributed by atoms with Crippen LogP contribution in [0.1, 0.15) is 37.5 Å². The summed E-state index contributed by atoms with van der Waals surface area (Å²) in [6.45, 7) is 9.34. The molecule has 2 unspecified atom stereocenters. The second-order valence-electron chi connectivity index (χ2n) is 7.82. The van der Waals surface area contributed by atoms with E-state index in [0.717, 1.165) is 36.3 Å². The monoisotopic (exact) mass is 396 g/mol. The number of ether oxygens (including phenoxy) is 1. The van der Waals surface area contributed by atoms with Crippen molar-refractivity contribution in [3.05, 3.63) is 77.1 Å². The van der Waals surface area contributed by atoms with Crippen LogP contribution >= 0.6 is 0 Å². The van der Waals surface area contributed by atoms with Crippen molar-refractivity contribution in [2.75, 3.05) is 13.1 Å². The molecule has 1 N–H and O–H groups in total. The Balaban J connectivity index is 1.50. The van der Waals surface area contributed by atoms with Gasteiger partial charge in [0.2, 0.25) is 5.91 Å². The molecule has 1 saturated heterocycles. The molecule has 3 rings (SSSR count). The van der Waals surface area contributed by atoms with Crippen molar-refractivity contribution >= 4 is 11.5 Å². The number of morpholine rings is 1. The molecule has 154 valence electrons. The SMILES string of the molecule is C/C(=C\C(=O)NCc1ccc(CN2CC(C)OC(C)C2)cc1)c1ccc(F)cc1. The number of halogens is 1. The Labute approximate surface area is 172 Å². The minimum atomic E-state index is -0.285. The zero-order chi connectivity index (χ0) is 20.8. The van der Waals surface area contributed by atoms with Crippen molar-refractivity contribution in [3.63, 3.8) is 0 Å². The number of carbonyl (C=O) groups is 1. The molecule has 5 heteroatoms. The maximum absolute atomic E-state index is 13.0. The van der Waals surface area contributed by atoms with Crippen molar-refractivity contribution in [2.45, 2.75) is 46.1 Å². The van der Waals surface area contributed by atoms with Crippen LogP contribution in [-0.2, 0) is 22.6 Å². The van der Waals surface area contributed by atoms with Crippen LogP contribution in [0.5, 0.6) is 0 Å². The van der Waals surface area contributed by atoms with Gasteiger partial charge in [-0.05, 0) is 55.2 Å². The summed E-state index contributed by atoms with van der Waals surface area (Å²) >= 11 is 0. The van der Waals surface area contributed by atoms with Crippen LogP contribution in [0, 0.1) is 5.82 Å². The lowest BCUT2D eigenvalue weighted by Crippen LogP contribution is -2.44. The highest BCUT2D eigenvalue weighted by atomic mass is 19.1. The number of allylic oxidation sites excluding steroid dienone is 1. The molecule has 2 atom stereocenters. The Morgan fingerprint density at radius 2 is 1.66 bits per heavy atom. The van der Waals surface area contributed by atoms with Crippen molar-refractivity contribution in [1.82, 2.24) is 10.2 Å². The number of nitrogens with zero attached hydrogens (tertiary/aromatic N) is 1. The minimum Gasteiger partial charge on any atom is -0.373 e. The number of hydrogen-bond acceptors (Lipinski definition) is 3. The summed E-state index contributed by atoms with van der Waals surface area (Å²) in [5.41, 5.74) is 3.94. The predicted molar refractivity (Wildman–Crippen MR) is 114 cm³/mol. The van der Waals surface area contributed by atoms with Crippen LogP contribution in [0.3, 0.4) is 0 Å². The van der Waals surface area contributed by atoms with E-state index >= 15 is 0 Å². The zero-order valence-corrected chi connectivity index (χ0v) is 17.3. The predicted octanol–water partition coefficient (Wildman–Crippen LogP) is 4.15. The second kappa shape index (κ2) is 9.81. The van der Waals surface area contributed by atoms with Gasteiger partial charge < -0.3 is 10.1 Å². The Hall–Kier alpha value is -2.50. The van der Waals surface area contributed by atoms with Crippen molar-refractivity contribution < 1.29 is 13.9 Å². The Morgan fingerprint density at radius 1 is 1.07 bits per heavy atom. The molecule has 0 aromatic heterocycles. The van der Waals surface area contributed by atoms with E-state index in [1.807, 2.05) is 6.92 Å². The van der Waals surface area contributed by atoms with E-state index in [1.165, 1.54) is 17.7 Å². The first kappa shape index (κ1) is 21.2. The molecule has 1 aliphatic heterocycles. The lowest BCUT2D eigenvalue weighted by atomic mass is 10.1. The quantitative estimate of drug-likeness (QED) is 0.746. The maximum Gasteiger partial charge on any atom is 0.244 e. The Kier molecular flexibility index (Phi) is 7.18. The molecule has 0 spiro atoms. The molecule has 29 heavy (non-hydrogen) atoms. The number of rotatable bonds is 6. The van der Waals surface area contributed by atoms with Gasteiger partial charge in [-0.3, -0.25) is 9.69 Å². The molecule has 1 heterocycles. The van der Waals surface area contributed by atoms with Crippen LogP contribution in [0.25, 0.3) is 5.57 Å². The fourth-order valence-electron chi connectivity index (χ4n) is 3.67. The van der Waals surface area contributed by atoms with Crippen LogP contribution in [0.4, 0.5) is 4.39 Å². The highest BCUT2D eigenvalue weighted by molar-refractivity contribution is 5.94. The molecule has 1 aliphatic rings. The third kappa shape index (κ3) is 6.51. The van der Waals surface area contributed by atoms with Gasteiger partial charge in [0.15, 0.2) is 0 Å². The average molecular weight is 397 g/mol. The molecule has 0 saturated carbocycles. The van der Waals surface area contributed by atoms with Gasteiger partial charge in [-0.1, -0.05) is 36.4 Å². The third-order valence-electron chi connectivity index (χ3n) is 5.04. The molecule has 0 bridgehead atoms. The number of hydrogen-bond donors (Lipinski definition) is 1. The topological polar surface area (TPSA) is 41.6 Å². The summed E-state index contributed by atoms with van der Waals surface area (Å²) in [7, 11) is 0. The van der Waals surface area contributed by atoms with Crippen molar-refractivity contribution in [1.29, 1.82) is 0 Å². The summed E-state index contributed by atoms with van der Waals surface area (Å²) < 4.78 is 18.8. The molecule has 4 nitrogen and oxygen atoms in total. The maximum atomic E-state index is 13.0. The largest absolute Gasteiger partial charge is 0.373 e. The Bertz CT molecular complexity index is 836. The highest BCUT2D eigenvalue weighted by Crippen LogP contribution is 2.16. The van der Waals surface area contributed by atoms with Crippen molar-refractivity contribution in [2.24, 2.45) is 0 Å². The summed E-state index contributed by atoms with van der Waals surface area (Å²) in [5, 5.41) is 2.91. The van der Waals surface area contributed by atoms with Gasteiger partial charge in [0, 0.05) is 32.3 Å². The van der Waals surface area contributed by atoms with E-state index in [1.54, 1.807) is 18.2 Å². The van der Waals surface area contributed by atoms with E-state index in [9.17, 15) is 9.18 Å². The summed E-state index contributed by atoms with van der Waals surface area (Å²) in [5.74, 6) is -0.445. The van der Waals surface area contributed by atoms with Gasteiger partial charge in [-0.25, -0.2) is 4.39 Å². The fourth-order valence-corrected chi connectivity index (χ4v) is 3.67. The van der Waals surface area contributed by atoms with Gasteiger partial charge in [0.05, 0.1) is 12.2 Å². The first-order chi connectivity index (χ1) is 13.9. The van der Waals surface area contributed by atoms with Crippen LogP contribution < -0.4 is 5.32 Å². The first-order valence-corrected chi connectivity index (χ1v) is 10.1. The van der Waals surface area contributed by atoms with Crippen molar-refractivity contribution in [3.8, 4) is 0 Å². The molecule has 0 radical (unpaired) electrons. The first-order valence-electron chi connectivity index (χ1n) is 10.1. The van der Waals surface area contributed by atoms with Gasteiger partial charge in [-0.2, -0.15) is 0 Å². The standard InChI is InChI=1S/C24H29FN2O2/c1-17(22-8-10-23(25)11-9-22)12-24(28)26-13-20-4-6-21(7-5-20)16-27-14-18(2)29-19(3)15-27/h4-12,18-19H,13-16H2,1-3H3,(H,26,28)/b17-12+. The Morgan fingerprint density at radius 3 is 2.28 bits per heavy atom. The average Bonchev–Trinajstić information content (AvgIpc) is 2.67. The van der Waals surface area contributed by atoms with Crippen LogP contribution in [0.2, 0.25) is 0 Å². The minimum absolute atomic E-state index is 0.160. The molecular weight excluding hydrogens is 367 g/mol. The third-order valence-corrected chi connectivity index (χ3v) is 5.04. The van der Waals surface area contributed by atoms with E-state index in [0.29, 0.717) is 6.54 Å². The number of carbonyl (C=O) groups excluding carboxylic acids is 1. The van der Waals surface area contributed by atoms with Gasteiger partial charge >= 0.3 is 0 Å². The normalized spacial score (nSPS) is 20.5. The summed E-state index contributed by atoms with van der Waals surface area (Å²) in [6, 6.07) is 14.5. The lowest BCUT2D eigenvalue weighted by molar-refractivity contribution is -0.116. The van der Waals surface area contributed by atoms with E-state index in [4.69, 9.17) is 4.74 Å². The molecule has 0 aliphatic carbocycles. The summed E-state index contributed by atoms with van der Waals surface area (Å²) in [4.78, 5) is 14.6. The number of amides is 1. The zero-order valence-electron chi connectivity index (χ0n) is 17.3. The fraction of sp³-hybridized carbons (Fsp3) is 0.375. The van der Waals surface area contributed by atoms with E-state index < -0.39 is 0 Å². The molecule has 2 aromatic rings.